The summed E-state index contributed by atoms with van der Waals surface area (Å²) in [5.41, 5.74) is 5.51. The van der Waals surface area contributed by atoms with Crippen LogP contribution in [0.2, 0.25) is 0 Å². The molecule has 0 aliphatic rings. The van der Waals surface area contributed by atoms with E-state index in [1.54, 1.807) is 0 Å². The van der Waals surface area contributed by atoms with E-state index in [-0.39, 0.29) is 24.4 Å². The summed E-state index contributed by atoms with van der Waals surface area (Å²) in [6, 6.07) is 8.05. The standard InChI is InChI=1S/C29H42O3P.Li/c1-7-9-11-13-17-31-25-15-16-27(26(20-25)32-18-14-12-10-8-2)33-29(30)28-22(4)19-21(3)23(5)24(28)6;/h15-16,19-20H,7-14,17-18H2,1-6H3;/q-1;+1. The van der Waals surface area contributed by atoms with Crippen LogP contribution in [0, 0.1) is 27.7 Å². The molecule has 0 aliphatic heterocycles. The molecule has 0 saturated carbocycles. The molecule has 3 nitrogen and oxygen atoms in total. The van der Waals surface area contributed by atoms with E-state index in [1.807, 2.05) is 25.1 Å². The Morgan fingerprint density at radius 3 is 2.00 bits per heavy atom. The first-order valence-electron chi connectivity index (χ1n) is 12.6. The summed E-state index contributed by atoms with van der Waals surface area (Å²) in [4.78, 5) is 13.3. The van der Waals surface area contributed by atoms with Crippen molar-refractivity contribution in [2.45, 2.75) is 92.9 Å². The summed E-state index contributed by atoms with van der Waals surface area (Å²) in [5, 5.41) is 0.908. The van der Waals surface area contributed by atoms with Gasteiger partial charge in [-0.15, -0.1) is 0 Å². The Bertz CT molecular complexity index is 911. The maximum atomic E-state index is 13.3. The maximum absolute atomic E-state index is 13.3. The van der Waals surface area contributed by atoms with E-state index in [4.69, 9.17) is 9.47 Å². The fourth-order valence-electron chi connectivity index (χ4n) is 4.00. The molecule has 0 aromatic heterocycles. The second-order valence-electron chi connectivity index (χ2n) is 9.00. The molecule has 0 fully saturated rings. The van der Waals surface area contributed by atoms with Gasteiger partial charge in [0.05, 0.1) is 19.0 Å². The van der Waals surface area contributed by atoms with Crippen LogP contribution >= 0.6 is 8.58 Å². The van der Waals surface area contributed by atoms with Gasteiger partial charge in [0.2, 0.25) is 0 Å². The van der Waals surface area contributed by atoms with Gasteiger partial charge in [0.15, 0.2) is 0 Å². The molecule has 2 aromatic rings. The number of hydrogen-bond donors (Lipinski definition) is 0. The van der Waals surface area contributed by atoms with Crippen LogP contribution in [-0.4, -0.2) is 18.7 Å². The van der Waals surface area contributed by atoms with Crippen molar-refractivity contribution in [3.63, 3.8) is 0 Å². The second kappa shape index (κ2) is 16.4. The Kier molecular flexibility index (Phi) is 14.9. The maximum Gasteiger partial charge on any atom is 1.00 e. The van der Waals surface area contributed by atoms with Crippen molar-refractivity contribution >= 4 is 19.4 Å². The van der Waals surface area contributed by atoms with Crippen LogP contribution in [0.5, 0.6) is 11.5 Å². The molecule has 0 heterocycles. The van der Waals surface area contributed by atoms with E-state index >= 15 is 0 Å². The number of ether oxygens (including phenoxy) is 2. The molecule has 0 radical (unpaired) electrons. The molecule has 0 N–H and O–H groups in total. The number of unbranched alkanes of at least 4 members (excludes halogenated alkanes) is 6. The first kappa shape index (κ1) is 30.8. The smallest absolute Gasteiger partial charge is 0.496 e. The van der Waals surface area contributed by atoms with Crippen LogP contribution in [0.15, 0.2) is 24.3 Å². The van der Waals surface area contributed by atoms with E-state index in [0.29, 0.717) is 21.8 Å². The van der Waals surface area contributed by atoms with Gasteiger partial charge >= 0.3 is 18.9 Å². The first-order valence-corrected chi connectivity index (χ1v) is 13.5. The predicted molar refractivity (Wildman–Crippen MR) is 142 cm³/mol. The van der Waals surface area contributed by atoms with Crippen molar-refractivity contribution in [2.75, 3.05) is 13.2 Å². The van der Waals surface area contributed by atoms with Crippen molar-refractivity contribution in [1.82, 2.24) is 0 Å². The Morgan fingerprint density at radius 2 is 1.38 bits per heavy atom. The molecule has 0 saturated heterocycles. The third-order valence-electron chi connectivity index (χ3n) is 6.25. The van der Waals surface area contributed by atoms with Gasteiger partial charge < -0.3 is 22.8 Å². The Balaban J connectivity index is 0.00000578. The van der Waals surface area contributed by atoms with Crippen molar-refractivity contribution in [3.8, 4) is 11.5 Å². The minimum Gasteiger partial charge on any atom is -0.496 e. The molecule has 34 heavy (non-hydrogen) atoms. The third kappa shape index (κ3) is 9.41. The zero-order valence-corrected chi connectivity index (χ0v) is 23.4. The van der Waals surface area contributed by atoms with E-state index in [2.05, 4.69) is 40.7 Å². The number of benzene rings is 2. The number of aryl methyl sites for hydroxylation is 2. The first-order chi connectivity index (χ1) is 15.9. The van der Waals surface area contributed by atoms with Gasteiger partial charge in [-0.3, -0.25) is 0 Å². The number of carbonyl (C=O) groups excluding carboxylic acids is 1. The minimum atomic E-state index is 0. The van der Waals surface area contributed by atoms with Gasteiger partial charge in [-0.05, 0) is 74.4 Å². The molecule has 0 aliphatic carbocycles. The van der Waals surface area contributed by atoms with Crippen molar-refractivity contribution in [1.29, 1.82) is 0 Å². The van der Waals surface area contributed by atoms with E-state index in [0.717, 1.165) is 52.8 Å². The number of rotatable bonds is 15. The number of carbonyl (C=O) groups is 1. The molecule has 182 valence electrons. The zero-order chi connectivity index (χ0) is 24.2. The van der Waals surface area contributed by atoms with Crippen LogP contribution in [0.4, 0.5) is 0 Å². The summed E-state index contributed by atoms with van der Waals surface area (Å²) in [6.07, 6.45) is 9.33. The van der Waals surface area contributed by atoms with Gasteiger partial charge in [-0.2, -0.15) is 5.30 Å². The normalized spacial score (nSPS) is 11.0. The van der Waals surface area contributed by atoms with E-state index < -0.39 is 0 Å². The van der Waals surface area contributed by atoms with Crippen LogP contribution in [0.25, 0.3) is 0 Å². The van der Waals surface area contributed by atoms with Crippen LogP contribution in [-0.2, 0) is 0 Å². The molecule has 0 amide bonds. The molecular formula is C29H42LiO3P. The average Bonchev–Trinajstić information content (AvgIpc) is 2.78. The second-order valence-corrected chi connectivity index (χ2v) is 10.1. The molecule has 2 rings (SSSR count). The van der Waals surface area contributed by atoms with Gasteiger partial charge in [0, 0.05) is 11.6 Å². The van der Waals surface area contributed by atoms with Crippen LogP contribution in [0.3, 0.4) is 0 Å². The number of hydrogen-bond acceptors (Lipinski definition) is 3. The Morgan fingerprint density at radius 1 is 0.765 bits per heavy atom. The fraction of sp³-hybridized carbons (Fsp3) is 0.552. The predicted octanol–water partition coefficient (Wildman–Crippen LogP) is 5.25. The summed E-state index contributed by atoms with van der Waals surface area (Å²) < 4.78 is 12.2. The van der Waals surface area contributed by atoms with Crippen molar-refractivity contribution in [2.24, 2.45) is 0 Å². The van der Waals surface area contributed by atoms with Gasteiger partial charge in [0.25, 0.3) is 0 Å². The van der Waals surface area contributed by atoms with E-state index in [9.17, 15) is 4.79 Å². The average molecular weight is 477 g/mol. The van der Waals surface area contributed by atoms with Gasteiger partial charge in [0.1, 0.15) is 5.75 Å². The molecule has 0 atom stereocenters. The molecule has 2 aromatic carbocycles. The molecule has 0 unspecified atom stereocenters. The van der Waals surface area contributed by atoms with Crippen molar-refractivity contribution < 1.29 is 33.1 Å². The fourth-order valence-corrected chi connectivity index (χ4v) is 5.06. The topological polar surface area (TPSA) is 35.5 Å². The minimum absolute atomic E-state index is 0. The summed E-state index contributed by atoms with van der Waals surface area (Å²) >= 11 is 0. The van der Waals surface area contributed by atoms with Crippen molar-refractivity contribution in [3.05, 3.63) is 52.1 Å². The van der Waals surface area contributed by atoms with Crippen LogP contribution in [0.1, 0.15) is 97.8 Å². The zero-order valence-electron chi connectivity index (χ0n) is 22.6. The monoisotopic (exact) mass is 476 g/mol. The molecule has 5 heteroatoms. The SMILES string of the molecule is CCCCCCOc1ccc([P-]C(=O)c2c(C)cc(C)c(C)c2C)c(OCCCCCC)c1.[Li+]. The Labute approximate surface area is 221 Å². The van der Waals surface area contributed by atoms with Gasteiger partial charge in [-0.25, -0.2) is 0 Å². The van der Waals surface area contributed by atoms with Gasteiger partial charge in [-0.1, -0.05) is 64.5 Å². The van der Waals surface area contributed by atoms with E-state index in [1.165, 1.54) is 43.2 Å². The van der Waals surface area contributed by atoms with Crippen LogP contribution < -0.4 is 33.6 Å². The summed E-state index contributed by atoms with van der Waals surface area (Å²) in [6.45, 7) is 14.1. The molecule has 0 bridgehead atoms. The molecular weight excluding hydrogens is 434 g/mol. The summed E-state index contributed by atoms with van der Waals surface area (Å²) in [5.74, 6) is 1.59. The third-order valence-corrected chi connectivity index (χ3v) is 7.28. The molecule has 0 spiro atoms. The quantitative estimate of drug-likeness (QED) is 0.200. The Hall–Kier alpha value is -1.26. The largest absolute Gasteiger partial charge is 1.00 e. The summed E-state index contributed by atoms with van der Waals surface area (Å²) in [7, 11) is 0.645.